The molecule has 0 bridgehead atoms. The Bertz CT molecular complexity index is 469. The van der Waals surface area contributed by atoms with Crippen LogP contribution in [0.5, 0.6) is 0 Å². The summed E-state index contributed by atoms with van der Waals surface area (Å²) in [5.41, 5.74) is 4.32. The third-order valence-electron chi connectivity index (χ3n) is 2.72. The standard InChI is InChI=1S/C16H23BrN2O/c1-11(2)9-13(10-12(3)4)18-19-16(20)14-7-5-6-8-15(14)17/h5-8,11-12H,9-10H2,1-4H3,(H,19,20). The molecule has 3 nitrogen and oxygen atoms in total. The van der Waals surface area contributed by atoms with Crippen molar-refractivity contribution >= 4 is 27.5 Å². The summed E-state index contributed by atoms with van der Waals surface area (Å²) in [4.78, 5) is 12.1. The van der Waals surface area contributed by atoms with Crippen molar-refractivity contribution in [1.29, 1.82) is 0 Å². The number of nitrogens with zero attached hydrogens (tertiary/aromatic N) is 1. The first-order valence-corrected chi connectivity index (χ1v) is 7.79. The molecule has 0 fully saturated rings. The summed E-state index contributed by atoms with van der Waals surface area (Å²) in [6.07, 6.45) is 1.82. The average molecular weight is 339 g/mol. The molecule has 0 aliphatic rings. The molecule has 110 valence electrons. The number of hydrogen-bond donors (Lipinski definition) is 1. The van der Waals surface area contributed by atoms with Crippen LogP contribution in [0.2, 0.25) is 0 Å². The summed E-state index contributed by atoms with van der Waals surface area (Å²) >= 11 is 3.38. The van der Waals surface area contributed by atoms with Crippen LogP contribution in [0.25, 0.3) is 0 Å². The van der Waals surface area contributed by atoms with Crippen LogP contribution in [0.15, 0.2) is 33.8 Å². The molecule has 0 aliphatic heterocycles. The van der Waals surface area contributed by atoms with Gasteiger partial charge in [-0.25, -0.2) is 5.43 Å². The smallest absolute Gasteiger partial charge is 0.267 e. The molecule has 0 heterocycles. The summed E-state index contributed by atoms with van der Waals surface area (Å²) < 4.78 is 0.780. The number of rotatable bonds is 6. The third-order valence-corrected chi connectivity index (χ3v) is 3.41. The highest BCUT2D eigenvalue weighted by atomic mass is 79.9. The van der Waals surface area contributed by atoms with Gasteiger partial charge >= 0.3 is 0 Å². The van der Waals surface area contributed by atoms with E-state index in [1.807, 2.05) is 18.2 Å². The van der Waals surface area contributed by atoms with Crippen molar-refractivity contribution in [2.45, 2.75) is 40.5 Å². The Morgan fingerprint density at radius 2 is 1.70 bits per heavy atom. The van der Waals surface area contributed by atoms with Crippen molar-refractivity contribution in [3.63, 3.8) is 0 Å². The van der Waals surface area contributed by atoms with Gasteiger partial charge in [0.15, 0.2) is 0 Å². The molecule has 0 aliphatic carbocycles. The molecule has 1 amide bonds. The van der Waals surface area contributed by atoms with Gasteiger partial charge in [-0.05, 0) is 52.7 Å². The second kappa shape index (κ2) is 8.20. The number of hydrazone groups is 1. The van der Waals surface area contributed by atoms with E-state index in [9.17, 15) is 4.79 Å². The predicted molar refractivity (Wildman–Crippen MR) is 88.0 cm³/mol. The van der Waals surface area contributed by atoms with Crippen LogP contribution in [0.3, 0.4) is 0 Å². The second-order valence-electron chi connectivity index (χ2n) is 5.79. The van der Waals surface area contributed by atoms with Crippen LogP contribution in [0.1, 0.15) is 50.9 Å². The van der Waals surface area contributed by atoms with E-state index in [1.165, 1.54) is 0 Å². The molecule has 0 unspecified atom stereocenters. The summed E-state index contributed by atoms with van der Waals surface area (Å²) in [6.45, 7) is 8.63. The van der Waals surface area contributed by atoms with E-state index in [-0.39, 0.29) is 5.91 Å². The van der Waals surface area contributed by atoms with E-state index < -0.39 is 0 Å². The van der Waals surface area contributed by atoms with Crippen LogP contribution < -0.4 is 5.43 Å². The van der Waals surface area contributed by atoms with Crippen molar-refractivity contribution in [2.24, 2.45) is 16.9 Å². The van der Waals surface area contributed by atoms with E-state index in [1.54, 1.807) is 6.07 Å². The minimum absolute atomic E-state index is 0.178. The van der Waals surface area contributed by atoms with Gasteiger partial charge in [0.1, 0.15) is 0 Å². The highest BCUT2D eigenvalue weighted by Gasteiger charge is 2.10. The fraction of sp³-hybridized carbons (Fsp3) is 0.500. The van der Waals surface area contributed by atoms with Gasteiger partial charge in [0.25, 0.3) is 5.91 Å². The molecule has 1 N–H and O–H groups in total. The van der Waals surface area contributed by atoms with Crippen LogP contribution in [-0.4, -0.2) is 11.6 Å². The van der Waals surface area contributed by atoms with Gasteiger partial charge in [-0.1, -0.05) is 39.8 Å². The lowest BCUT2D eigenvalue weighted by atomic mass is 9.99. The first kappa shape index (κ1) is 16.9. The molecule has 1 rings (SSSR count). The Balaban J connectivity index is 2.76. The fourth-order valence-corrected chi connectivity index (χ4v) is 2.42. The summed E-state index contributed by atoms with van der Waals surface area (Å²) in [7, 11) is 0. The first-order chi connectivity index (χ1) is 9.40. The van der Waals surface area contributed by atoms with Gasteiger partial charge in [0, 0.05) is 10.2 Å². The summed E-state index contributed by atoms with van der Waals surface area (Å²) in [5.74, 6) is 0.892. The van der Waals surface area contributed by atoms with Crippen molar-refractivity contribution in [2.75, 3.05) is 0 Å². The highest BCUT2D eigenvalue weighted by molar-refractivity contribution is 9.10. The van der Waals surface area contributed by atoms with Gasteiger partial charge < -0.3 is 0 Å². The van der Waals surface area contributed by atoms with Gasteiger partial charge in [-0.3, -0.25) is 4.79 Å². The molecular weight excluding hydrogens is 316 g/mol. The maximum absolute atomic E-state index is 12.1. The SMILES string of the molecule is CC(C)CC(CC(C)C)=NNC(=O)c1ccccc1Br. The molecule has 0 spiro atoms. The monoisotopic (exact) mass is 338 g/mol. The normalized spacial score (nSPS) is 10.8. The van der Waals surface area contributed by atoms with Crippen LogP contribution in [-0.2, 0) is 0 Å². The fourth-order valence-electron chi connectivity index (χ4n) is 1.95. The Hall–Kier alpha value is -1.16. The lowest BCUT2D eigenvalue weighted by molar-refractivity contribution is 0.0953. The van der Waals surface area contributed by atoms with Gasteiger partial charge in [0.05, 0.1) is 5.56 Å². The number of halogens is 1. The van der Waals surface area contributed by atoms with Gasteiger partial charge in [0.2, 0.25) is 0 Å². The van der Waals surface area contributed by atoms with Crippen molar-refractivity contribution in [3.05, 3.63) is 34.3 Å². The lowest BCUT2D eigenvalue weighted by Crippen LogP contribution is -2.21. The molecule has 0 saturated carbocycles. The van der Waals surface area contributed by atoms with Gasteiger partial charge in [-0.2, -0.15) is 5.10 Å². The first-order valence-electron chi connectivity index (χ1n) is 7.00. The molecule has 1 aromatic carbocycles. The molecule has 20 heavy (non-hydrogen) atoms. The van der Waals surface area contributed by atoms with E-state index >= 15 is 0 Å². The number of nitrogens with one attached hydrogen (secondary N) is 1. The van der Waals surface area contributed by atoms with Gasteiger partial charge in [-0.15, -0.1) is 0 Å². The zero-order valence-corrected chi connectivity index (χ0v) is 14.2. The third kappa shape index (κ3) is 5.87. The Morgan fingerprint density at radius 1 is 1.15 bits per heavy atom. The number of carbonyl (C=O) groups is 1. The minimum Gasteiger partial charge on any atom is -0.267 e. The molecule has 0 atom stereocenters. The average Bonchev–Trinajstić information content (AvgIpc) is 2.34. The Morgan fingerprint density at radius 3 is 2.20 bits per heavy atom. The second-order valence-corrected chi connectivity index (χ2v) is 6.65. The van der Waals surface area contributed by atoms with Crippen LogP contribution >= 0.6 is 15.9 Å². The zero-order chi connectivity index (χ0) is 15.1. The van der Waals surface area contributed by atoms with E-state index in [0.717, 1.165) is 23.0 Å². The van der Waals surface area contributed by atoms with E-state index in [2.05, 4.69) is 54.2 Å². The zero-order valence-electron chi connectivity index (χ0n) is 12.6. The van der Waals surface area contributed by atoms with Crippen molar-refractivity contribution in [1.82, 2.24) is 5.43 Å². The predicted octanol–water partition coefficient (Wildman–Crippen LogP) is 4.63. The van der Waals surface area contributed by atoms with Crippen molar-refractivity contribution < 1.29 is 4.79 Å². The summed E-state index contributed by atoms with van der Waals surface area (Å²) in [6, 6.07) is 7.35. The molecular formula is C16H23BrN2O. The topological polar surface area (TPSA) is 41.5 Å². The number of benzene rings is 1. The maximum Gasteiger partial charge on any atom is 0.272 e. The molecule has 0 aromatic heterocycles. The van der Waals surface area contributed by atoms with E-state index in [0.29, 0.717) is 17.4 Å². The number of amides is 1. The minimum atomic E-state index is -0.178. The molecule has 0 radical (unpaired) electrons. The maximum atomic E-state index is 12.1. The quantitative estimate of drug-likeness (QED) is 0.596. The molecule has 4 heteroatoms. The summed E-state index contributed by atoms with van der Waals surface area (Å²) in [5, 5.41) is 4.32. The van der Waals surface area contributed by atoms with E-state index in [4.69, 9.17) is 0 Å². The number of hydrogen-bond acceptors (Lipinski definition) is 2. The Labute approximate surface area is 130 Å². The van der Waals surface area contributed by atoms with Crippen LogP contribution in [0, 0.1) is 11.8 Å². The molecule has 0 saturated heterocycles. The number of carbonyl (C=O) groups excluding carboxylic acids is 1. The lowest BCUT2D eigenvalue weighted by Gasteiger charge is -2.12. The Kier molecular flexibility index (Phi) is 6.93. The molecule has 1 aromatic rings. The largest absolute Gasteiger partial charge is 0.272 e. The van der Waals surface area contributed by atoms with Crippen molar-refractivity contribution in [3.8, 4) is 0 Å². The highest BCUT2D eigenvalue weighted by Crippen LogP contribution is 2.16. The van der Waals surface area contributed by atoms with Crippen LogP contribution in [0.4, 0.5) is 0 Å².